The van der Waals surface area contributed by atoms with E-state index < -0.39 is 16.6 Å². The van der Waals surface area contributed by atoms with Crippen LogP contribution in [0.3, 0.4) is 0 Å². The highest BCUT2D eigenvalue weighted by molar-refractivity contribution is 5.56. The van der Waals surface area contributed by atoms with Crippen LogP contribution in [0.1, 0.15) is 57.1 Å². The summed E-state index contributed by atoms with van der Waals surface area (Å²) in [6.07, 6.45) is 7.04. The minimum absolute atomic E-state index is 0.123. The number of hydrogen-bond acceptors (Lipinski definition) is 8. The van der Waals surface area contributed by atoms with E-state index >= 15 is 0 Å². The minimum atomic E-state index is -1.29. The molecule has 1 aromatic carbocycles. The third-order valence-electron chi connectivity index (χ3n) is 7.10. The lowest BCUT2D eigenvalue weighted by molar-refractivity contribution is -0.127. The number of pyridine rings is 1. The normalized spacial score (nSPS) is 20.3. The van der Waals surface area contributed by atoms with Crippen molar-refractivity contribution in [2.24, 2.45) is 5.41 Å². The van der Waals surface area contributed by atoms with Gasteiger partial charge >= 0.3 is 0 Å². The zero-order valence-electron chi connectivity index (χ0n) is 20.2. The molecular weight excluding hydrogens is 432 g/mol. The molecule has 3 aromatic rings. The maximum absolute atomic E-state index is 12.4. The Morgan fingerprint density at radius 1 is 1.09 bits per heavy atom. The average molecular weight is 465 g/mol. The van der Waals surface area contributed by atoms with Crippen molar-refractivity contribution in [2.75, 3.05) is 20.1 Å². The van der Waals surface area contributed by atoms with Crippen molar-refractivity contribution in [2.45, 2.75) is 57.3 Å². The first kappa shape index (κ1) is 23.0. The topological polar surface area (TPSA) is 105 Å². The fourth-order valence-electron chi connectivity index (χ4n) is 5.04. The largest absolute Gasteiger partial charge is 0.490 e. The van der Waals surface area contributed by atoms with E-state index in [2.05, 4.69) is 26.9 Å². The lowest BCUT2D eigenvalue weighted by Crippen LogP contribution is -2.63. The fraction of sp³-hybridized carbons (Fsp3) is 0.500. The molecule has 0 unspecified atom stereocenters. The van der Waals surface area contributed by atoms with Crippen molar-refractivity contribution in [3.8, 4) is 17.1 Å². The van der Waals surface area contributed by atoms with Gasteiger partial charge in [0, 0.05) is 42.0 Å². The molecule has 34 heavy (non-hydrogen) atoms. The summed E-state index contributed by atoms with van der Waals surface area (Å²) >= 11 is 0. The zero-order chi connectivity index (χ0) is 24.1. The predicted octanol–water partition coefficient (Wildman–Crippen LogP) is 3.48. The standard InChI is InChI=1S/C26H32N4O4/c1-24(2,31)23-28-22(29-34-23)17-12-19(14-27-13-17)26(32,25(3)15-30(4)16-25)18-8-10-21(11-9-18)33-20-6-5-7-20/h8-14,20,31-32H,5-7,15-16H2,1-4H3/t26-/m0/s1. The van der Waals surface area contributed by atoms with Crippen LogP contribution in [0.15, 0.2) is 47.2 Å². The Morgan fingerprint density at radius 3 is 2.35 bits per heavy atom. The minimum Gasteiger partial charge on any atom is -0.490 e. The van der Waals surface area contributed by atoms with Gasteiger partial charge in [-0.3, -0.25) is 4.98 Å². The van der Waals surface area contributed by atoms with E-state index in [9.17, 15) is 10.2 Å². The van der Waals surface area contributed by atoms with Crippen LogP contribution in [0.4, 0.5) is 0 Å². The Balaban J connectivity index is 1.53. The maximum Gasteiger partial charge on any atom is 0.258 e. The Hall–Kier alpha value is -2.81. The van der Waals surface area contributed by atoms with Crippen LogP contribution in [0.25, 0.3) is 11.4 Å². The highest BCUT2D eigenvalue weighted by Gasteiger charge is 2.55. The SMILES string of the molecule is CN1CC(C)([C@](O)(c2ccc(OC3CCC3)cc2)c2cncc(-c3noc(C(C)(C)O)n3)c2)C1. The molecule has 3 heterocycles. The first-order chi connectivity index (χ1) is 16.1. The second-order valence-corrected chi connectivity index (χ2v) is 10.6. The number of aromatic nitrogens is 3. The van der Waals surface area contributed by atoms with Gasteiger partial charge in [-0.15, -0.1) is 0 Å². The van der Waals surface area contributed by atoms with E-state index in [1.807, 2.05) is 37.4 Å². The van der Waals surface area contributed by atoms with E-state index in [0.29, 0.717) is 23.1 Å². The fourth-order valence-corrected chi connectivity index (χ4v) is 5.04. The molecular formula is C26H32N4O4. The second-order valence-electron chi connectivity index (χ2n) is 10.6. The van der Waals surface area contributed by atoms with E-state index in [4.69, 9.17) is 9.26 Å². The summed E-state index contributed by atoms with van der Waals surface area (Å²) in [5.74, 6) is 1.26. The highest BCUT2D eigenvalue weighted by atomic mass is 16.5. The van der Waals surface area contributed by atoms with Crippen molar-refractivity contribution in [1.82, 2.24) is 20.0 Å². The number of likely N-dealkylation sites (tertiary alicyclic amines) is 1. The van der Waals surface area contributed by atoms with Crippen molar-refractivity contribution in [1.29, 1.82) is 0 Å². The Labute approximate surface area is 199 Å². The van der Waals surface area contributed by atoms with E-state index in [1.165, 1.54) is 6.42 Å². The summed E-state index contributed by atoms with van der Waals surface area (Å²) in [5.41, 5.74) is -0.911. The zero-order valence-corrected chi connectivity index (χ0v) is 20.2. The summed E-state index contributed by atoms with van der Waals surface area (Å²) in [7, 11) is 2.05. The van der Waals surface area contributed by atoms with Crippen LogP contribution in [0.5, 0.6) is 5.75 Å². The number of benzene rings is 1. The summed E-state index contributed by atoms with van der Waals surface area (Å²) in [6, 6.07) is 9.64. The van der Waals surface area contributed by atoms with Crippen LogP contribution >= 0.6 is 0 Å². The lowest BCUT2D eigenvalue weighted by atomic mass is 9.62. The summed E-state index contributed by atoms with van der Waals surface area (Å²) in [6.45, 7) is 6.74. The average Bonchev–Trinajstić information content (AvgIpc) is 3.26. The molecule has 0 amide bonds. The molecule has 1 saturated carbocycles. The molecule has 8 nitrogen and oxygen atoms in total. The van der Waals surface area contributed by atoms with Gasteiger partial charge in [0.1, 0.15) is 17.0 Å². The van der Waals surface area contributed by atoms with Gasteiger partial charge in [0.2, 0.25) is 5.82 Å². The van der Waals surface area contributed by atoms with Crippen molar-refractivity contribution in [3.63, 3.8) is 0 Å². The molecule has 1 aliphatic carbocycles. The van der Waals surface area contributed by atoms with Gasteiger partial charge in [-0.25, -0.2) is 0 Å². The first-order valence-corrected chi connectivity index (χ1v) is 11.8. The van der Waals surface area contributed by atoms with Gasteiger partial charge in [0.15, 0.2) is 0 Å². The van der Waals surface area contributed by atoms with Crippen LogP contribution in [0, 0.1) is 5.41 Å². The number of rotatable bonds is 7. The molecule has 2 aliphatic rings. The molecule has 2 aromatic heterocycles. The first-order valence-electron chi connectivity index (χ1n) is 11.8. The van der Waals surface area contributed by atoms with E-state index in [-0.39, 0.29) is 5.89 Å². The summed E-state index contributed by atoms with van der Waals surface area (Å²) in [5, 5.41) is 26.6. The van der Waals surface area contributed by atoms with Gasteiger partial charge in [0.05, 0.1) is 6.10 Å². The third kappa shape index (κ3) is 3.89. The molecule has 1 atom stereocenters. The predicted molar refractivity (Wildman–Crippen MR) is 126 cm³/mol. The van der Waals surface area contributed by atoms with E-state index in [1.54, 1.807) is 26.2 Å². The van der Waals surface area contributed by atoms with Gasteiger partial charge in [0.25, 0.3) is 5.89 Å². The van der Waals surface area contributed by atoms with Gasteiger partial charge in [-0.2, -0.15) is 4.98 Å². The summed E-state index contributed by atoms with van der Waals surface area (Å²) < 4.78 is 11.3. The Kier molecular flexibility index (Phi) is 5.50. The molecule has 8 heteroatoms. The monoisotopic (exact) mass is 464 g/mol. The van der Waals surface area contributed by atoms with Crippen LogP contribution < -0.4 is 4.74 Å². The molecule has 180 valence electrons. The smallest absolute Gasteiger partial charge is 0.258 e. The second kappa shape index (κ2) is 8.15. The van der Waals surface area contributed by atoms with Crippen LogP contribution in [0.2, 0.25) is 0 Å². The number of nitrogens with zero attached hydrogens (tertiary/aromatic N) is 4. The molecule has 0 radical (unpaired) electrons. The maximum atomic E-state index is 12.4. The van der Waals surface area contributed by atoms with Crippen molar-refractivity contribution in [3.05, 3.63) is 59.7 Å². The molecule has 0 spiro atoms. The van der Waals surface area contributed by atoms with Gasteiger partial charge < -0.3 is 24.4 Å². The van der Waals surface area contributed by atoms with Crippen molar-refractivity contribution < 1.29 is 19.5 Å². The van der Waals surface area contributed by atoms with E-state index in [0.717, 1.165) is 37.2 Å². The van der Waals surface area contributed by atoms with Crippen LogP contribution in [-0.4, -0.2) is 56.5 Å². The molecule has 1 saturated heterocycles. The molecule has 1 aliphatic heterocycles. The van der Waals surface area contributed by atoms with Gasteiger partial charge in [-0.1, -0.05) is 24.2 Å². The van der Waals surface area contributed by atoms with Gasteiger partial charge in [-0.05, 0) is 63.9 Å². The highest BCUT2D eigenvalue weighted by Crippen LogP contribution is 2.50. The third-order valence-corrected chi connectivity index (χ3v) is 7.10. The molecule has 2 N–H and O–H groups in total. The summed E-state index contributed by atoms with van der Waals surface area (Å²) in [4.78, 5) is 10.9. The molecule has 2 fully saturated rings. The number of hydrogen-bond donors (Lipinski definition) is 2. The van der Waals surface area contributed by atoms with Crippen molar-refractivity contribution >= 4 is 0 Å². The Morgan fingerprint density at radius 2 is 1.79 bits per heavy atom. The molecule has 5 rings (SSSR count). The number of ether oxygens (including phenoxy) is 1. The quantitative estimate of drug-likeness (QED) is 0.548. The van der Waals surface area contributed by atoms with Crippen LogP contribution in [-0.2, 0) is 11.2 Å². The lowest BCUT2D eigenvalue weighted by Gasteiger charge is -2.55. The molecule has 0 bridgehead atoms. The number of aliphatic hydroxyl groups is 2. The Bertz CT molecular complexity index is 1160.